The van der Waals surface area contributed by atoms with Crippen LogP contribution in [0.5, 0.6) is 23.0 Å². The van der Waals surface area contributed by atoms with Crippen LogP contribution >= 0.6 is 0 Å². The minimum Gasteiger partial charge on any atom is -0.494 e. The first-order valence-corrected chi connectivity index (χ1v) is 21.1. The van der Waals surface area contributed by atoms with Crippen molar-refractivity contribution >= 4 is 17.4 Å². The van der Waals surface area contributed by atoms with Gasteiger partial charge >= 0.3 is 0 Å². The van der Waals surface area contributed by atoms with Crippen LogP contribution in [-0.2, 0) is 0 Å². The maximum Gasteiger partial charge on any atom is 0.187 e. The molecule has 0 radical (unpaired) electrons. The summed E-state index contributed by atoms with van der Waals surface area (Å²) in [4.78, 5) is 12.6. The number of nitrogen functional groups attached to an aromatic ring is 2. The molecular weight excluding hydrogens is 781 g/mol. The van der Waals surface area contributed by atoms with E-state index in [1.807, 2.05) is 48.5 Å². The van der Waals surface area contributed by atoms with E-state index < -0.39 is 0 Å². The Morgan fingerprint density at radius 2 is 0.774 bits per heavy atom. The fourth-order valence-corrected chi connectivity index (χ4v) is 5.93. The lowest BCUT2D eigenvalue weighted by atomic mass is 10.2. The van der Waals surface area contributed by atoms with Gasteiger partial charge in [0.2, 0.25) is 0 Å². The van der Waals surface area contributed by atoms with Crippen LogP contribution in [0.25, 0.3) is 4.85 Å². The van der Waals surface area contributed by atoms with Crippen molar-refractivity contribution in [2.75, 3.05) is 107 Å². The quantitative estimate of drug-likeness (QED) is 0.0211. The second kappa shape index (κ2) is 29.2. The number of benzene rings is 4. The molecule has 14 heteroatoms. The molecule has 0 spiro atoms. The van der Waals surface area contributed by atoms with Crippen LogP contribution in [0.3, 0.4) is 0 Å². The first-order valence-electron chi connectivity index (χ1n) is 21.1. The van der Waals surface area contributed by atoms with Gasteiger partial charge in [0.1, 0.15) is 34.7 Å². The highest BCUT2D eigenvalue weighted by Gasteiger charge is 2.06. The SMILES string of the molecule is CN(CCCOc1ccc(C(=N)N)cc1)CCN(C)CCCOc1ccc(C(=N)N)cc1.[C-]#[N+]c1ccc(OCCCN(C)CCN(C)CCCOc2ccc(C#N)cc2)cc1. The molecule has 0 saturated carbocycles. The molecule has 0 fully saturated rings. The molecule has 4 aromatic carbocycles. The second-order valence-electron chi connectivity index (χ2n) is 15.1. The maximum absolute atomic E-state index is 8.80. The predicted molar refractivity (Wildman–Crippen MR) is 249 cm³/mol. The standard InChI is InChI=1S/C24H36N6O2.C24H30N4O2/c1-29(13-3-17-31-21-9-5-19(6-10-21)23(25)26)15-16-30(2)14-4-18-32-22-11-7-20(8-12-22)24(27)28;1-26-22-8-12-24(13-9-22)30-19-5-15-28(3)17-16-27(2)14-4-18-29-23-10-6-21(20-25)7-11-23/h5-12H,3-4,13-18H2,1-2H3,(H3,25,26)(H3,27,28);6-13H,4-5,14-19H2,2-3H3. The summed E-state index contributed by atoms with van der Waals surface area (Å²) < 4.78 is 23.0. The number of nitrogens with zero attached hydrogens (tertiary/aromatic N) is 6. The fraction of sp³-hybridized carbons (Fsp3) is 0.417. The van der Waals surface area contributed by atoms with Gasteiger partial charge < -0.3 is 50.0 Å². The van der Waals surface area contributed by atoms with E-state index in [0.717, 1.165) is 101 Å². The van der Waals surface area contributed by atoms with E-state index in [0.29, 0.717) is 48.8 Å². The zero-order chi connectivity index (χ0) is 45.0. The lowest BCUT2D eigenvalue weighted by Crippen LogP contribution is -2.32. The van der Waals surface area contributed by atoms with Crippen molar-refractivity contribution < 1.29 is 18.9 Å². The first kappa shape index (κ1) is 50.2. The predicted octanol–water partition coefficient (Wildman–Crippen LogP) is 6.57. The summed E-state index contributed by atoms with van der Waals surface area (Å²) in [5, 5.41) is 23.6. The van der Waals surface area contributed by atoms with Crippen molar-refractivity contribution in [1.82, 2.24) is 19.6 Å². The van der Waals surface area contributed by atoms with Gasteiger partial charge in [-0.15, -0.1) is 0 Å². The molecule has 0 saturated heterocycles. The normalized spacial score (nSPS) is 10.8. The van der Waals surface area contributed by atoms with Crippen LogP contribution in [0.15, 0.2) is 97.1 Å². The van der Waals surface area contributed by atoms with Crippen LogP contribution < -0.4 is 30.4 Å². The third kappa shape index (κ3) is 21.4. The Hall–Kier alpha value is -6.16. The highest BCUT2D eigenvalue weighted by Crippen LogP contribution is 2.18. The molecule has 4 aromatic rings. The van der Waals surface area contributed by atoms with Gasteiger partial charge in [-0.2, -0.15) is 5.26 Å². The molecule has 0 amide bonds. The first-order chi connectivity index (χ1) is 29.9. The zero-order valence-corrected chi connectivity index (χ0v) is 37.0. The number of amidine groups is 2. The Morgan fingerprint density at radius 1 is 0.500 bits per heavy atom. The monoisotopic (exact) mass is 847 g/mol. The molecule has 0 aliphatic heterocycles. The lowest BCUT2D eigenvalue weighted by Gasteiger charge is -2.22. The minimum atomic E-state index is 0.0658. The molecule has 0 heterocycles. The molecule has 14 nitrogen and oxygen atoms in total. The van der Waals surface area contributed by atoms with Crippen LogP contribution in [0.2, 0.25) is 0 Å². The Kier molecular flexibility index (Phi) is 23.6. The maximum atomic E-state index is 8.80. The average Bonchev–Trinajstić information content (AvgIpc) is 3.29. The molecular formula is C48H66N10O4. The van der Waals surface area contributed by atoms with E-state index in [1.54, 1.807) is 48.5 Å². The number of nitrogens with two attached hydrogens (primary N) is 2. The highest BCUT2D eigenvalue weighted by atomic mass is 16.5. The van der Waals surface area contributed by atoms with Gasteiger partial charge in [-0.05, 0) is 139 Å². The van der Waals surface area contributed by atoms with Crippen molar-refractivity contribution in [3.8, 4) is 29.1 Å². The third-order valence-corrected chi connectivity index (χ3v) is 9.82. The molecule has 4 rings (SSSR count). The molecule has 0 aliphatic rings. The van der Waals surface area contributed by atoms with Crippen molar-refractivity contribution in [1.29, 1.82) is 16.1 Å². The average molecular weight is 847 g/mol. The summed E-state index contributed by atoms with van der Waals surface area (Å²) in [6, 6.07) is 31.2. The molecule has 6 N–H and O–H groups in total. The molecule has 0 aromatic heterocycles. The van der Waals surface area contributed by atoms with Gasteiger partial charge in [0.05, 0.1) is 44.6 Å². The van der Waals surface area contributed by atoms with E-state index in [2.05, 4.69) is 58.7 Å². The van der Waals surface area contributed by atoms with Gasteiger partial charge in [0.15, 0.2) is 5.69 Å². The van der Waals surface area contributed by atoms with Gasteiger partial charge in [0, 0.05) is 63.5 Å². The van der Waals surface area contributed by atoms with E-state index in [-0.39, 0.29) is 11.7 Å². The lowest BCUT2D eigenvalue weighted by molar-refractivity contribution is 0.221. The van der Waals surface area contributed by atoms with Gasteiger partial charge in [-0.3, -0.25) is 10.8 Å². The highest BCUT2D eigenvalue weighted by molar-refractivity contribution is 5.95. The Bertz CT molecular complexity index is 1800. The number of nitrogens with one attached hydrogen (secondary N) is 2. The number of likely N-dealkylation sites (N-methyl/N-ethyl adjacent to an activating group) is 4. The Balaban J connectivity index is 0.000000331. The van der Waals surface area contributed by atoms with Crippen molar-refractivity contribution in [3.05, 3.63) is 125 Å². The molecule has 0 unspecified atom stereocenters. The van der Waals surface area contributed by atoms with Crippen molar-refractivity contribution in [2.24, 2.45) is 11.5 Å². The summed E-state index contributed by atoms with van der Waals surface area (Å²) in [5.74, 6) is 3.35. The smallest absolute Gasteiger partial charge is 0.187 e. The Morgan fingerprint density at radius 3 is 1.03 bits per heavy atom. The number of ether oxygens (including phenoxy) is 4. The number of hydrogen-bond acceptors (Lipinski definition) is 11. The van der Waals surface area contributed by atoms with Crippen molar-refractivity contribution in [3.63, 3.8) is 0 Å². The molecule has 0 aliphatic carbocycles. The molecule has 62 heavy (non-hydrogen) atoms. The molecule has 0 atom stereocenters. The van der Waals surface area contributed by atoms with Crippen LogP contribution in [0.4, 0.5) is 5.69 Å². The van der Waals surface area contributed by atoms with E-state index in [4.69, 9.17) is 53.1 Å². The number of rotatable bonds is 28. The van der Waals surface area contributed by atoms with Gasteiger partial charge in [-0.25, -0.2) is 4.85 Å². The molecule has 332 valence electrons. The largest absolute Gasteiger partial charge is 0.494 e. The van der Waals surface area contributed by atoms with E-state index >= 15 is 0 Å². The summed E-state index contributed by atoms with van der Waals surface area (Å²) in [6.07, 6.45) is 3.82. The fourth-order valence-electron chi connectivity index (χ4n) is 5.93. The minimum absolute atomic E-state index is 0.0658. The summed E-state index contributed by atoms with van der Waals surface area (Å²) in [7, 11) is 8.52. The summed E-state index contributed by atoms with van der Waals surface area (Å²) in [5.41, 5.74) is 13.6. The van der Waals surface area contributed by atoms with Crippen LogP contribution in [0, 0.1) is 28.7 Å². The number of hydrogen-bond donors (Lipinski definition) is 4. The second-order valence-corrected chi connectivity index (χ2v) is 15.1. The molecule has 0 bridgehead atoms. The van der Waals surface area contributed by atoms with Crippen LogP contribution in [-0.4, -0.2) is 138 Å². The zero-order valence-electron chi connectivity index (χ0n) is 37.0. The summed E-state index contributed by atoms with van der Waals surface area (Å²) >= 11 is 0. The van der Waals surface area contributed by atoms with E-state index in [1.165, 1.54) is 0 Å². The van der Waals surface area contributed by atoms with Gasteiger partial charge in [-0.1, -0.05) is 12.1 Å². The van der Waals surface area contributed by atoms with Crippen LogP contribution in [0.1, 0.15) is 42.4 Å². The van der Waals surface area contributed by atoms with Crippen molar-refractivity contribution in [2.45, 2.75) is 25.7 Å². The van der Waals surface area contributed by atoms with Gasteiger partial charge in [0.25, 0.3) is 0 Å². The topological polar surface area (TPSA) is 178 Å². The summed E-state index contributed by atoms with van der Waals surface area (Å²) in [6.45, 7) is 17.5. The third-order valence-electron chi connectivity index (χ3n) is 9.82. The number of nitriles is 1. The Labute approximate surface area is 369 Å². The van der Waals surface area contributed by atoms with E-state index in [9.17, 15) is 0 Å².